The number of hydrogen-bond donors (Lipinski definition) is 1. The van der Waals surface area contributed by atoms with Crippen LogP contribution in [-0.4, -0.2) is 17.8 Å². The molecule has 100 valence electrons. The maximum absolute atomic E-state index is 10.9. The largest absolute Gasteiger partial charge is 0.385 e. The average Bonchev–Trinajstić information content (AvgIpc) is 2.39. The molecular formula is C16H24O2. The van der Waals surface area contributed by atoms with Gasteiger partial charge < -0.3 is 9.84 Å². The van der Waals surface area contributed by atoms with Crippen LogP contribution in [0.4, 0.5) is 0 Å². The Kier molecular flexibility index (Phi) is 4.41. The van der Waals surface area contributed by atoms with Gasteiger partial charge in [0.25, 0.3) is 0 Å². The van der Waals surface area contributed by atoms with Crippen LogP contribution in [0.2, 0.25) is 0 Å². The zero-order chi connectivity index (χ0) is 13.0. The van der Waals surface area contributed by atoms with E-state index in [4.69, 9.17) is 4.74 Å². The van der Waals surface area contributed by atoms with Crippen molar-refractivity contribution >= 4 is 0 Å². The molecule has 0 spiro atoms. The summed E-state index contributed by atoms with van der Waals surface area (Å²) >= 11 is 0. The molecule has 1 heterocycles. The molecule has 1 saturated heterocycles. The normalized spacial score (nSPS) is 28.3. The SMILES string of the molecule is CCCC1CC(O)(c2cccc(CC)c2)CCO1. The molecule has 0 aromatic heterocycles. The molecule has 0 amide bonds. The average molecular weight is 248 g/mol. The third-order valence-corrected chi connectivity index (χ3v) is 3.92. The lowest BCUT2D eigenvalue weighted by atomic mass is 9.82. The van der Waals surface area contributed by atoms with Gasteiger partial charge in [-0.25, -0.2) is 0 Å². The molecule has 2 heteroatoms. The topological polar surface area (TPSA) is 29.5 Å². The van der Waals surface area contributed by atoms with E-state index in [1.165, 1.54) is 5.56 Å². The van der Waals surface area contributed by atoms with Gasteiger partial charge in [-0.1, -0.05) is 44.5 Å². The van der Waals surface area contributed by atoms with Gasteiger partial charge in [0, 0.05) is 12.8 Å². The van der Waals surface area contributed by atoms with Gasteiger partial charge in [0.2, 0.25) is 0 Å². The molecule has 0 saturated carbocycles. The van der Waals surface area contributed by atoms with Gasteiger partial charge in [0.15, 0.2) is 0 Å². The molecule has 0 radical (unpaired) electrons. The number of aryl methyl sites for hydroxylation is 1. The van der Waals surface area contributed by atoms with Crippen LogP contribution >= 0.6 is 0 Å². The van der Waals surface area contributed by atoms with E-state index in [1.807, 2.05) is 6.07 Å². The van der Waals surface area contributed by atoms with Crippen LogP contribution in [0.15, 0.2) is 24.3 Å². The lowest BCUT2D eigenvalue weighted by Crippen LogP contribution is -2.38. The number of ether oxygens (including phenoxy) is 1. The van der Waals surface area contributed by atoms with Crippen LogP contribution in [0.1, 0.15) is 50.7 Å². The Balaban J connectivity index is 2.18. The molecule has 0 bridgehead atoms. The molecule has 2 atom stereocenters. The fourth-order valence-corrected chi connectivity index (χ4v) is 2.78. The molecule has 1 aromatic rings. The van der Waals surface area contributed by atoms with Gasteiger partial charge in [-0.2, -0.15) is 0 Å². The van der Waals surface area contributed by atoms with Crippen molar-refractivity contribution in [3.63, 3.8) is 0 Å². The molecule has 18 heavy (non-hydrogen) atoms. The van der Waals surface area contributed by atoms with Gasteiger partial charge in [-0.05, 0) is 24.0 Å². The Labute approximate surface area is 110 Å². The van der Waals surface area contributed by atoms with E-state index < -0.39 is 5.60 Å². The van der Waals surface area contributed by atoms with Gasteiger partial charge in [-0.3, -0.25) is 0 Å². The Hall–Kier alpha value is -0.860. The summed E-state index contributed by atoms with van der Waals surface area (Å²) in [5, 5.41) is 10.9. The van der Waals surface area contributed by atoms with Crippen molar-refractivity contribution in [2.75, 3.05) is 6.61 Å². The summed E-state index contributed by atoms with van der Waals surface area (Å²) in [5.41, 5.74) is 1.66. The summed E-state index contributed by atoms with van der Waals surface area (Å²) < 4.78 is 5.73. The van der Waals surface area contributed by atoms with Crippen molar-refractivity contribution in [2.24, 2.45) is 0 Å². The number of benzene rings is 1. The summed E-state index contributed by atoms with van der Waals surface area (Å²) in [4.78, 5) is 0. The van der Waals surface area contributed by atoms with Crippen LogP contribution in [0.5, 0.6) is 0 Å². The molecule has 2 unspecified atom stereocenters. The zero-order valence-electron chi connectivity index (χ0n) is 11.5. The lowest BCUT2D eigenvalue weighted by Gasteiger charge is -2.37. The maximum Gasteiger partial charge on any atom is 0.0943 e. The van der Waals surface area contributed by atoms with E-state index in [1.54, 1.807) is 0 Å². The third kappa shape index (κ3) is 2.93. The minimum absolute atomic E-state index is 0.207. The van der Waals surface area contributed by atoms with Gasteiger partial charge in [0.1, 0.15) is 0 Å². The van der Waals surface area contributed by atoms with E-state index in [-0.39, 0.29) is 6.10 Å². The lowest BCUT2D eigenvalue weighted by molar-refractivity contribution is -0.110. The molecular weight excluding hydrogens is 224 g/mol. The quantitative estimate of drug-likeness (QED) is 0.884. The van der Waals surface area contributed by atoms with Gasteiger partial charge >= 0.3 is 0 Å². The van der Waals surface area contributed by atoms with Crippen LogP contribution in [0.25, 0.3) is 0 Å². The Bertz CT molecular complexity index is 386. The van der Waals surface area contributed by atoms with Crippen molar-refractivity contribution in [1.82, 2.24) is 0 Å². The van der Waals surface area contributed by atoms with Crippen molar-refractivity contribution in [1.29, 1.82) is 0 Å². The Morgan fingerprint density at radius 1 is 1.39 bits per heavy atom. The predicted octanol–water partition coefficient (Wildman–Crippen LogP) is 3.42. The van der Waals surface area contributed by atoms with E-state index in [9.17, 15) is 5.11 Å². The smallest absolute Gasteiger partial charge is 0.0943 e. The first-order chi connectivity index (χ1) is 8.68. The summed E-state index contributed by atoms with van der Waals surface area (Å²) in [5.74, 6) is 0. The molecule has 0 aliphatic carbocycles. The highest BCUT2D eigenvalue weighted by atomic mass is 16.5. The highest BCUT2D eigenvalue weighted by Crippen LogP contribution is 2.36. The second-order valence-corrected chi connectivity index (χ2v) is 5.32. The maximum atomic E-state index is 10.9. The third-order valence-electron chi connectivity index (χ3n) is 3.92. The molecule has 1 aliphatic rings. The Morgan fingerprint density at radius 2 is 2.22 bits per heavy atom. The highest BCUT2D eigenvalue weighted by molar-refractivity contribution is 5.28. The highest BCUT2D eigenvalue weighted by Gasteiger charge is 2.36. The summed E-state index contributed by atoms with van der Waals surface area (Å²) in [7, 11) is 0. The van der Waals surface area contributed by atoms with E-state index in [2.05, 4.69) is 32.0 Å². The first-order valence-corrected chi connectivity index (χ1v) is 7.11. The van der Waals surface area contributed by atoms with Crippen LogP contribution in [0.3, 0.4) is 0 Å². The first-order valence-electron chi connectivity index (χ1n) is 7.11. The Morgan fingerprint density at radius 3 is 2.94 bits per heavy atom. The minimum Gasteiger partial charge on any atom is -0.385 e. The van der Waals surface area contributed by atoms with Crippen molar-refractivity contribution in [3.8, 4) is 0 Å². The standard InChI is InChI=1S/C16H24O2/c1-3-6-15-12-16(17,9-10-18-15)14-8-5-7-13(4-2)11-14/h5,7-8,11,15,17H,3-4,6,9-10,12H2,1-2H3. The zero-order valence-corrected chi connectivity index (χ0v) is 11.5. The van der Waals surface area contributed by atoms with E-state index >= 15 is 0 Å². The molecule has 2 rings (SSSR count). The number of rotatable bonds is 4. The fraction of sp³-hybridized carbons (Fsp3) is 0.625. The van der Waals surface area contributed by atoms with Crippen molar-refractivity contribution in [3.05, 3.63) is 35.4 Å². The van der Waals surface area contributed by atoms with E-state index in [0.29, 0.717) is 13.0 Å². The molecule has 1 fully saturated rings. The molecule has 2 nitrogen and oxygen atoms in total. The monoisotopic (exact) mass is 248 g/mol. The summed E-state index contributed by atoms with van der Waals surface area (Å²) in [6.45, 7) is 4.97. The molecule has 1 aromatic carbocycles. The number of aliphatic hydroxyl groups is 1. The summed E-state index contributed by atoms with van der Waals surface area (Å²) in [6.07, 6.45) is 4.80. The number of hydrogen-bond acceptors (Lipinski definition) is 2. The minimum atomic E-state index is -0.691. The predicted molar refractivity (Wildman–Crippen MR) is 73.6 cm³/mol. The summed E-state index contributed by atoms with van der Waals surface area (Å²) in [6, 6.07) is 8.37. The van der Waals surface area contributed by atoms with Crippen molar-refractivity contribution in [2.45, 2.75) is 57.7 Å². The molecule has 1 aliphatic heterocycles. The second kappa shape index (κ2) is 5.85. The van der Waals surface area contributed by atoms with Crippen LogP contribution < -0.4 is 0 Å². The second-order valence-electron chi connectivity index (χ2n) is 5.32. The van der Waals surface area contributed by atoms with Gasteiger partial charge in [0.05, 0.1) is 18.3 Å². The van der Waals surface area contributed by atoms with Crippen LogP contribution in [-0.2, 0) is 16.8 Å². The first kappa shape index (κ1) is 13.6. The van der Waals surface area contributed by atoms with E-state index in [0.717, 1.165) is 31.2 Å². The van der Waals surface area contributed by atoms with Gasteiger partial charge in [-0.15, -0.1) is 0 Å². The van der Waals surface area contributed by atoms with Crippen LogP contribution in [0, 0.1) is 0 Å². The fourth-order valence-electron chi connectivity index (χ4n) is 2.78. The van der Waals surface area contributed by atoms with Crippen molar-refractivity contribution < 1.29 is 9.84 Å². The molecule has 1 N–H and O–H groups in total.